The Labute approximate surface area is 173 Å². The molecular weight excluding hydrogens is 430 g/mol. The predicted molar refractivity (Wildman–Crippen MR) is 99.3 cm³/mol. The summed E-state index contributed by atoms with van der Waals surface area (Å²) in [5, 5.41) is 22.7. The average Bonchev–Trinajstić information content (AvgIpc) is 2.67. The standard InChI is InChI=1S/C20H20F6N2O3/c21-19(22,23)18(20(24,25)26,14-9-5-2-6-10-14)27-12-16(29)15(28-17(30)31)11-13-7-3-1-4-8-13/h1-10,15-16,27-29H,11-12H2,(H,30,31)/t15-,16+/m0/s1. The summed E-state index contributed by atoms with van der Waals surface area (Å²) in [7, 11) is 0. The number of aliphatic hydroxyl groups excluding tert-OH is 1. The van der Waals surface area contributed by atoms with Gasteiger partial charge in [-0.25, -0.2) is 4.79 Å². The number of hydrogen-bond acceptors (Lipinski definition) is 3. The number of carboxylic acid groups (broad SMARTS) is 1. The SMILES string of the molecule is O=C(O)N[C@@H](Cc1ccccc1)[C@H](O)CNC(c1ccccc1)(C(F)(F)F)C(F)(F)F. The Bertz CT molecular complexity index is 829. The maximum absolute atomic E-state index is 13.8. The topological polar surface area (TPSA) is 81.6 Å². The molecule has 0 saturated heterocycles. The van der Waals surface area contributed by atoms with E-state index in [4.69, 9.17) is 5.11 Å². The normalized spacial score (nSPS) is 14.7. The average molecular weight is 450 g/mol. The zero-order valence-corrected chi connectivity index (χ0v) is 15.9. The Balaban J connectivity index is 2.34. The van der Waals surface area contributed by atoms with Crippen LogP contribution in [0.25, 0.3) is 0 Å². The van der Waals surface area contributed by atoms with Crippen LogP contribution in [0.5, 0.6) is 0 Å². The van der Waals surface area contributed by atoms with E-state index in [1.54, 1.807) is 30.3 Å². The Kier molecular flexibility index (Phi) is 7.55. The smallest absolute Gasteiger partial charge is 0.419 e. The molecular formula is C20H20F6N2O3. The van der Waals surface area contributed by atoms with Crippen molar-refractivity contribution in [1.29, 1.82) is 0 Å². The molecule has 11 heteroatoms. The lowest BCUT2D eigenvalue weighted by Gasteiger charge is -2.39. The molecule has 2 aromatic rings. The monoisotopic (exact) mass is 450 g/mol. The van der Waals surface area contributed by atoms with Crippen molar-refractivity contribution in [3.63, 3.8) is 0 Å². The van der Waals surface area contributed by atoms with Gasteiger partial charge in [-0.3, -0.25) is 5.32 Å². The van der Waals surface area contributed by atoms with Gasteiger partial charge in [-0.2, -0.15) is 26.3 Å². The molecule has 0 unspecified atom stereocenters. The van der Waals surface area contributed by atoms with Gasteiger partial charge in [0, 0.05) is 6.54 Å². The molecule has 0 heterocycles. The van der Waals surface area contributed by atoms with E-state index in [1.165, 1.54) is 11.4 Å². The summed E-state index contributed by atoms with van der Waals surface area (Å²) in [6.45, 7) is -1.19. The molecule has 1 amide bonds. The van der Waals surface area contributed by atoms with Gasteiger partial charge < -0.3 is 15.5 Å². The van der Waals surface area contributed by atoms with Crippen molar-refractivity contribution in [2.45, 2.75) is 36.5 Å². The summed E-state index contributed by atoms with van der Waals surface area (Å²) in [4.78, 5) is 11.0. The van der Waals surface area contributed by atoms with Crippen LogP contribution in [0.1, 0.15) is 11.1 Å². The number of halogens is 6. The van der Waals surface area contributed by atoms with Crippen LogP contribution in [-0.4, -0.2) is 47.3 Å². The number of nitrogens with one attached hydrogen (secondary N) is 2. The minimum absolute atomic E-state index is 0.146. The molecule has 31 heavy (non-hydrogen) atoms. The highest BCUT2D eigenvalue weighted by atomic mass is 19.4. The van der Waals surface area contributed by atoms with Gasteiger partial charge in [0.05, 0.1) is 12.1 Å². The van der Waals surface area contributed by atoms with Gasteiger partial charge in [0.15, 0.2) is 0 Å². The van der Waals surface area contributed by atoms with E-state index >= 15 is 0 Å². The maximum atomic E-state index is 13.8. The fourth-order valence-electron chi connectivity index (χ4n) is 3.19. The fraction of sp³-hybridized carbons (Fsp3) is 0.350. The van der Waals surface area contributed by atoms with E-state index in [9.17, 15) is 36.2 Å². The van der Waals surface area contributed by atoms with Crippen molar-refractivity contribution >= 4 is 6.09 Å². The number of alkyl halides is 6. The van der Waals surface area contributed by atoms with Crippen molar-refractivity contribution in [1.82, 2.24) is 10.6 Å². The van der Waals surface area contributed by atoms with Crippen molar-refractivity contribution in [2.24, 2.45) is 0 Å². The van der Waals surface area contributed by atoms with Crippen LogP contribution in [-0.2, 0) is 12.0 Å². The largest absolute Gasteiger partial charge is 0.465 e. The quantitative estimate of drug-likeness (QED) is 0.461. The van der Waals surface area contributed by atoms with Crippen molar-refractivity contribution < 1.29 is 41.4 Å². The highest BCUT2D eigenvalue weighted by Gasteiger charge is 2.71. The van der Waals surface area contributed by atoms with Gasteiger partial charge in [-0.15, -0.1) is 0 Å². The molecule has 0 aromatic heterocycles. The Morgan fingerprint density at radius 2 is 1.35 bits per heavy atom. The van der Waals surface area contributed by atoms with Crippen LogP contribution in [0.2, 0.25) is 0 Å². The molecule has 0 bridgehead atoms. The first-order valence-corrected chi connectivity index (χ1v) is 9.04. The molecule has 4 N–H and O–H groups in total. The van der Waals surface area contributed by atoms with Crippen molar-refractivity contribution in [2.75, 3.05) is 6.54 Å². The zero-order valence-electron chi connectivity index (χ0n) is 15.9. The van der Waals surface area contributed by atoms with Crippen molar-refractivity contribution in [3.05, 3.63) is 71.8 Å². The lowest BCUT2D eigenvalue weighted by atomic mass is 9.87. The highest BCUT2D eigenvalue weighted by molar-refractivity contribution is 5.65. The highest BCUT2D eigenvalue weighted by Crippen LogP contribution is 2.50. The summed E-state index contributed by atoms with van der Waals surface area (Å²) in [6.07, 6.45) is -15.2. The third kappa shape index (κ3) is 5.67. The molecule has 0 fully saturated rings. The van der Waals surface area contributed by atoms with Gasteiger partial charge in [0.25, 0.3) is 0 Å². The third-order valence-corrected chi connectivity index (χ3v) is 4.71. The number of carbonyl (C=O) groups is 1. The minimum Gasteiger partial charge on any atom is -0.465 e. The van der Waals surface area contributed by atoms with E-state index < -0.39 is 48.2 Å². The molecule has 0 aliphatic carbocycles. The fourth-order valence-corrected chi connectivity index (χ4v) is 3.19. The summed E-state index contributed by atoms with van der Waals surface area (Å²) >= 11 is 0. The number of amides is 1. The molecule has 2 atom stereocenters. The first kappa shape index (κ1) is 24.5. The Morgan fingerprint density at radius 1 is 0.871 bits per heavy atom. The lowest BCUT2D eigenvalue weighted by Crippen LogP contribution is -2.65. The van der Waals surface area contributed by atoms with E-state index in [-0.39, 0.29) is 6.42 Å². The minimum atomic E-state index is -5.80. The van der Waals surface area contributed by atoms with Gasteiger partial charge >= 0.3 is 18.4 Å². The molecule has 5 nitrogen and oxygen atoms in total. The molecule has 170 valence electrons. The van der Waals surface area contributed by atoms with Crippen LogP contribution in [0.15, 0.2) is 60.7 Å². The van der Waals surface area contributed by atoms with Gasteiger partial charge in [-0.05, 0) is 17.5 Å². The van der Waals surface area contributed by atoms with E-state index in [1.807, 2.05) is 5.32 Å². The summed E-state index contributed by atoms with van der Waals surface area (Å²) < 4.78 is 82.7. The summed E-state index contributed by atoms with van der Waals surface area (Å²) in [6, 6.07) is 11.4. The number of hydrogen-bond donors (Lipinski definition) is 4. The maximum Gasteiger partial charge on any atom is 0.419 e. The molecule has 0 saturated carbocycles. The van der Waals surface area contributed by atoms with Crippen LogP contribution in [0, 0.1) is 0 Å². The second-order valence-electron chi connectivity index (χ2n) is 6.81. The van der Waals surface area contributed by atoms with Gasteiger partial charge in [0.1, 0.15) is 0 Å². The number of aliphatic hydroxyl groups is 1. The Hall–Kier alpha value is -2.79. The molecule has 0 spiro atoms. The third-order valence-electron chi connectivity index (χ3n) is 4.71. The Morgan fingerprint density at radius 3 is 1.81 bits per heavy atom. The van der Waals surface area contributed by atoms with Crippen LogP contribution >= 0.6 is 0 Å². The van der Waals surface area contributed by atoms with E-state index in [0.29, 0.717) is 17.7 Å². The van der Waals surface area contributed by atoms with Gasteiger partial charge in [0.2, 0.25) is 5.54 Å². The van der Waals surface area contributed by atoms with Gasteiger partial charge in [-0.1, -0.05) is 60.7 Å². The van der Waals surface area contributed by atoms with E-state index in [0.717, 1.165) is 12.1 Å². The molecule has 2 aromatic carbocycles. The summed E-state index contributed by atoms with van der Waals surface area (Å²) in [5.74, 6) is 0. The molecule has 0 radical (unpaired) electrons. The summed E-state index contributed by atoms with van der Waals surface area (Å²) in [5.41, 5.74) is -5.03. The van der Waals surface area contributed by atoms with Crippen LogP contribution in [0.4, 0.5) is 31.1 Å². The number of benzene rings is 2. The molecule has 2 rings (SSSR count). The van der Waals surface area contributed by atoms with Crippen LogP contribution in [0.3, 0.4) is 0 Å². The second-order valence-corrected chi connectivity index (χ2v) is 6.81. The lowest BCUT2D eigenvalue weighted by molar-refractivity contribution is -0.314. The number of rotatable bonds is 8. The van der Waals surface area contributed by atoms with Crippen molar-refractivity contribution in [3.8, 4) is 0 Å². The first-order valence-electron chi connectivity index (χ1n) is 9.04. The van der Waals surface area contributed by atoms with Crippen LogP contribution < -0.4 is 10.6 Å². The zero-order chi connectivity index (χ0) is 23.3. The molecule has 0 aliphatic heterocycles. The predicted octanol–water partition coefficient (Wildman–Crippen LogP) is 3.84. The first-order chi connectivity index (χ1) is 14.4. The molecule has 0 aliphatic rings. The second kappa shape index (κ2) is 9.56. The van der Waals surface area contributed by atoms with E-state index in [2.05, 4.69) is 0 Å².